The lowest BCUT2D eigenvalue weighted by Crippen LogP contribution is -2.37. The molecule has 32 heavy (non-hydrogen) atoms. The maximum absolute atomic E-state index is 12.5. The van der Waals surface area contributed by atoms with Crippen LogP contribution in [0.3, 0.4) is 0 Å². The zero-order chi connectivity index (χ0) is 22.8. The number of hydrogen-bond acceptors (Lipinski definition) is 6. The maximum Gasteiger partial charge on any atom is 0.326 e. The lowest BCUT2D eigenvalue weighted by Gasteiger charge is -2.19. The van der Waals surface area contributed by atoms with Crippen molar-refractivity contribution < 1.29 is 23.9 Å². The van der Waals surface area contributed by atoms with Gasteiger partial charge in [0.05, 0.1) is 34.6 Å². The molecule has 9 heteroatoms. The third-order valence-corrected chi connectivity index (χ3v) is 6.14. The highest BCUT2D eigenvalue weighted by atomic mass is 16.5. The molecule has 1 saturated carbocycles. The summed E-state index contributed by atoms with van der Waals surface area (Å²) < 4.78 is 6.76. The number of rotatable bonds is 6. The molecule has 1 saturated heterocycles. The maximum atomic E-state index is 12.5. The highest BCUT2D eigenvalue weighted by Gasteiger charge is 2.48. The number of hydrogen-bond donors (Lipinski definition) is 1. The zero-order valence-electron chi connectivity index (χ0n) is 18.2. The van der Waals surface area contributed by atoms with Crippen LogP contribution in [0.25, 0.3) is 5.69 Å². The summed E-state index contributed by atoms with van der Waals surface area (Å²) >= 11 is 0. The molecule has 0 radical (unpaired) electrons. The quantitative estimate of drug-likeness (QED) is 0.547. The molecule has 0 bridgehead atoms. The van der Waals surface area contributed by atoms with Gasteiger partial charge in [-0.25, -0.2) is 4.68 Å². The Kier molecular flexibility index (Phi) is 6.07. The smallest absolute Gasteiger partial charge is 0.326 e. The number of carbonyl (C=O) groups excluding carboxylic acids is 4. The van der Waals surface area contributed by atoms with Gasteiger partial charge in [-0.15, -0.1) is 0 Å². The number of nitrogens with one attached hydrogen (secondary N) is 1. The van der Waals surface area contributed by atoms with Gasteiger partial charge in [-0.05, 0) is 38.8 Å². The molecule has 4 rings (SSSR count). The first-order valence-corrected chi connectivity index (χ1v) is 10.8. The zero-order valence-corrected chi connectivity index (χ0v) is 18.2. The summed E-state index contributed by atoms with van der Waals surface area (Å²) in [5.41, 5.74) is 2.77. The third-order valence-electron chi connectivity index (χ3n) is 6.14. The van der Waals surface area contributed by atoms with Crippen molar-refractivity contribution in [1.29, 1.82) is 0 Å². The van der Waals surface area contributed by atoms with Crippen LogP contribution >= 0.6 is 0 Å². The van der Waals surface area contributed by atoms with E-state index in [9.17, 15) is 19.2 Å². The van der Waals surface area contributed by atoms with Gasteiger partial charge >= 0.3 is 5.97 Å². The van der Waals surface area contributed by atoms with E-state index >= 15 is 0 Å². The van der Waals surface area contributed by atoms with Crippen LogP contribution in [0.15, 0.2) is 30.3 Å². The lowest BCUT2D eigenvalue weighted by molar-refractivity contribution is -0.154. The highest BCUT2D eigenvalue weighted by molar-refractivity contribution is 6.07. The van der Waals surface area contributed by atoms with Gasteiger partial charge in [0, 0.05) is 0 Å². The van der Waals surface area contributed by atoms with E-state index in [0.717, 1.165) is 29.1 Å². The molecular weight excluding hydrogens is 412 g/mol. The van der Waals surface area contributed by atoms with Gasteiger partial charge < -0.3 is 10.1 Å². The fourth-order valence-electron chi connectivity index (χ4n) is 4.53. The molecule has 168 valence electrons. The van der Waals surface area contributed by atoms with Crippen LogP contribution in [0.5, 0.6) is 0 Å². The minimum Gasteiger partial charge on any atom is -0.454 e. The van der Waals surface area contributed by atoms with E-state index in [4.69, 9.17) is 4.74 Å². The molecule has 2 heterocycles. The Hall–Kier alpha value is -3.49. The van der Waals surface area contributed by atoms with Gasteiger partial charge in [0.15, 0.2) is 6.61 Å². The molecule has 2 atom stereocenters. The summed E-state index contributed by atoms with van der Waals surface area (Å²) in [5.74, 6) is -2.56. The SMILES string of the molecule is Cc1nn(-c2ccccc2)c(C)c1NC(=O)COC(=O)CN1C(=O)[C@H]2CCCC[C@H]2C1=O. The van der Waals surface area contributed by atoms with Crippen molar-refractivity contribution in [3.05, 3.63) is 41.7 Å². The molecule has 2 aliphatic rings. The number of anilines is 1. The number of esters is 1. The molecule has 2 fully saturated rings. The van der Waals surface area contributed by atoms with Gasteiger partial charge in [0.25, 0.3) is 5.91 Å². The fourth-order valence-corrected chi connectivity index (χ4v) is 4.53. The number of nitrogens with zero attached hydrogens (tertiary/aromatic N) is 3. The van der Waals surface area contributed by atoms with Crippen molar-refractivity contribution in [2.45, 2.75) is 39.5 Å². The number of ether oxygens (including phenoxy) is 1. The summed E-state index contributed by atoms with van der Waals surface area (Å²) in [7, 11) is 0. The molecular formula is C23H26N4O5. The van der Waals surface area contributed by atoms with Gasteiger partial charge in [-0.1, -0.05) is 31.0 Å². The van der Waals surface area contributed by atoms with Crippen LogP contribution in [-0.2, 0) is 23.9 Å². The van der Waals surface area contributed by atoms with Crippen molar-refractivity contribution in [3.8, 4) is 5.69 Å². The number of carbonyl (C=O) groups is 4. The number of fused-ring (bicyclic) bond motifs is 1. The van der Waals surface area contributed by atoms with Gasteiger partial charge in [0.1, 0.15) is 6.54 Å². The Balaban J connectivity index is 1.33. The van der Waals surface area contributed by atoms with Crippen LogP contribution in [0.2, 0.25) is 0 Å². The van der Waals surface area contributed by atoms with Crippen LogP contribution in [-0.4, -0.2) is 51.5 Å². The number of benzene rings is 1. The minimum atomic E-state index is -0.783. The number of amides is 3. The Bertz CT molecular complexity index is 1040. The van der Waals surface area contributed by atoms with Crippen molar-refractivity contribution in [1.82, 2.24) is 14.7 Å². The predicted octanol–water partition coefficient (Wildman–Crippen LogP) is 2.15. The van der Waals surface area contributed by atoms with Crippen molar-refractivity contribution in [3.63, 3.8) is 0 Å². The predicted molar refractivity (Wildman–Crippen MR) is 115 cm³/mol. The average Bonchev–Trinajstić information content (AvgIpc) is 3.21. The number of aryl methyl sites for hydroxylation is 1. The Labute approximate surface area is 185 Å². The van der Waals surface area contributed by atoms with E-state index in [2.05, 4.69) is 10.4 Å². The Morgan fingerprint density at radius 3 is 2.31 bits per heavy atom. The molecule has 2 aromatic rings. The molecule has 1 aromatic carbocycles. The summed E-state index contributed by atoms with van der Waals surface area (Å²) in [4.78, 5) is 50.5. The van der Waals surface area contributed by atoms with Crippen LogP contribution in [0.1, 0.15) is 37.1 Å². The molecule has 0 spiro atoms. The first-order chi connectivity index (χ1) is 15.4. The molecule has 9 nitrogen and oxygen atoms in total. The first-order valence-electron chi connectivity index (χ1n) is 10.8. The molecule has 1 N–H and O–H groups in total. The summed E-state index contributed by atoms with van der Waals surface area (Å²) in [6, 6.07) is 9.51. The standard InChI is InChI=1S/C23H26N4O5/c1-14-21(15(2)27(25-14)16-8-4-3-5-9-16)24-19(28)13-32-20(29)12-26-22(30)17-10-6-7-11-18(17)23(26)31/h3-5,8-9,17-18H,6-7,10-13H2,1-2H3,(H,24,28)/t17-,18+. The average molecular weight is 438 g/mol. The van der Waals surface area contributed by atoms with E-state index in [1.54, 1.807) is 11.6 Å². The minimum absolute atomic E-state index is 0.305. The number of aromatic nitrogens is 2. The van der Waals surface area contributed by atoms with E-state index < -0.39 is 25.0 Å². The summed E-state index contributed by atoms with van der Waals surface area (Å²) in [6.07, 6.45) is 3.19. The van der Waals surface area contributed by atoms with E-state index in [0.29, 0.717) is 24.2 Å². The molecule has 1 aromatic heterocycles. The number of para-hydroxylation sites is 1. The second-order valence-corrected chi connectivity index (χ2v) is 8.26. The van der Waals surface area contributed by atoms with Crippen molar-refractivity contribution >= 4 is 29.4 Å². The van der Waals surface area contributed by atoms with Gasteiger partial charge in [-0.2, -0.15) is 5.10 Å². The van der Waals surface area contributed by atoms with Crippen LogP contribution in [0, 0.1) is 25.7 Å². The third kappa shape index (κ3) is 4.15. The largest absolute Gasteiger partial charge is 0.454 e. The fraction of sp³-hybridized carbons (Fsp3) is 0.435. The first kappa shape index (κ1) is 21.7. The van der Waals surface area contributed by atoms with Crippen LogP contribution in [0.4, 0.5) is 5.69 Å². The van der Waals surface area contributed by atoms with Gasteiger partial charge in [-0.3, -0.25) is 24.1 Å². The molecule has 1 aliphatic carbocycles. The summed E-state index contributed by atoms with van der Waals surface area (Å²) in [5, 5.41) is 7.19. The van der Waals surface area contributed by atoms with Crippen molar-refractivity contribution in [2.75, 3.05) is 18.5 Å². The van der Waals surface area contributed by atoms with E-state index in [1.165, 1.54) is 0 Å². The second-order valence-electron chi connectivity index (χ2n) is 8.26. The monoisotopic (exact) mass is 438 g/mol. The number of imide groups is 1. The normalized spacial score (nSPS) is 20.2. The highest BCUT2D eigenvalue weighted by Crippen LogP contribution is 2.37. The number of likely N-dealkylation sites (tertiary alicyclic amines) is 1. The Morgan fingerprint density at radius 1 is 1.06 bits per heavy atom. The van der Waals surface area contributed by atoms with Gasteiger partial charge in [0.2, 0.25) is 11.8 Å². The lowest BCUT2D eigenvalue weighted by atomic mass is 9.81. The summed E-state index contributed by atoms with van der Waals surface area (Å²) in [6.45, 7) is 2.63. The van der Waals surface area contributed by atoms with E-state index in [1.807, 2.05) is 37.3 Å². The van der Waals surface area contributed by atoms with E-state index in [-0.39, 0.29) is 23.7 Å². The van der Waals surface area contributed by atoms with Crippen molar-refractivity contribution in [2.24, 2.45) is 11.8 Å². The Morgan fingerprint density at radius 2 is 1.69 bits per heavy atom. The van der Waals surface area contributed by atoms with Crippen LogP contribution < -0.4 is 5.32 Å². The second kappa shape index (κ2) is 8.94. The molecule has 3 amide bonds. The molecule has 1 aliphatic heterocycles. The molecule has 0 unspecified atom stereocenters. The topological polar surface area (TPSA) is 111 Å².